The van der Waals surface area contributed by atoms with Crippen molar-refractivity contribution in [1.82, 2.24) is 0 Å². The van der Waals surface area contributed by atoms with Gasteiger partial charge in [-0.1, -0.05) is 16.5 Å². The van der Waals surface area contributed by atoms with Crippen LogP contribution < -0.4 is 0 Å². The van der Waals surface area contributed by atoms with E-state index in [0.717, 1.165) is 5.56 Å². The van der Waals surface area contributed by atoms with Gasteiger partial charge in [-0.25, -0.2) is 4.39 Å². The predicted octanol–water partition coefficient (Wildman–Crippen LogP) is 3.44. The van der Waals surface area contributed by atoms with Crippen LogP contribution in [0.3, 0.4) is 0 Å². The molecule has 0 aromatic heterocycles. The minimum atomic E-state index is -1.42. The molecule has 27 heavy (non-hydrogen) atoms. The lowest BCUT2D eigenvalue weighted by molar-refractivity contribution is -0.145. The molecule has 0 amide bonds. The Bertz CT molecular complexity index is 716. The summed E-state index contributed by atoms with van der Waals surface area (Å²) >= 11 is -1.42. The van der Waals surface area contributed by atoms with Gasteiger partial charge in [-0.15, -0.1) is 0 Å². The van der Waals surface area contributed by atoms with Gasteiger partial charge in [0, 0.05) is 5.92 Å². The second-order valence-electron chi connectivity index (χ2n) is 8.01. The fourth-order valence-electron chi connectivity index (χ4n) is 3.50. The summed E-state index contributed by atoms with van der Waals surface area (Å²) in [6, 6.07) is 6.14. The molecule has 0 radical (unpaired) electrons. The van der Waals surface area contributed by atoms with Crippen molar-refractivity contribution in [1.29, 1.82) is 0 Å². The highest BCUT2D eigenvalue weighted by Crippen LogP contribution is 2.57. The Kier molecular flexibility index (Phi) is 5.93. The number of ether oxygens (including phenoxy) is 2. The number of fused-ring (bicyclic) bond motifs is 1. The van der Waals surface area contributed by atoms with Crippen LogP contribution in [0.25, 0.3) is 0 Å². The summed E-state index contributed by atoms with van der Waals surface area (Å²) in [6.45, 7) is 8.04. The predicted molar refractivity (Wildman–Crippen MR) is 102 cm³/mol. The zero-order chi connectivity index (χ0) is 19.8. The maximum Gasteiger partial charge on any atom is 0.309 e. The Morgan fingerprint density at radius 2 is 2.00 bits per heavy atom. The number of carbonyl (C=O) groups is 1. The van der Waals surface area contributed by atoms with Crippen LogP contribution in [0, 0.1) is 23.6 Å². The van der Waals surface area contributed by atoms with Crippen molar-refractivity contribution >= 4 is 23.0 Å². The molecule has 0 N–H and O–H groups in total. The van der Waals surface area contributed by atoms with Gasteiger partial charge < -0.3 is 14.0 Å². The van der Waals surface area contributed by atoms with Crippen molar-refractivity contribution in [2.24, 2.45) is 22.2 Å². The van der Waals surface area contributed by atoms with Crippen LogP contribution in [0.4, 0.5) is 4.39 Å². The Labute approximate surface area is 162 Å². The van der Waals surface area contributed by atoms with Gasteiger partial charge in [-0.3, -0.25) is 4.79 Å². The highest BCUT2D eigenvalue weighted by atomic mass is 32.2. The van der Waals surface area contributed by atoms with E-state index in [-0.39, 0.29) is 35.6 Å². The van der Waals surface area contributed by atoms with Crippen LogP contribution >= 0.6 is 0 Å². The van der Waals surface area contributed by atoms with Crippen LogP contribution in [0.15, 0.2) is 28.7 Å². The number of carbonyl (C=O) groups excluding carboxylic acids is 1. The smallest absolute Gasteiger partial charge is 0.309 e. The number of nitrogens with zero attached hydrogens (tertiary/aromatic N) is 1. The molecule has 0 aliphatic heterocycles. The van der Waals surface area contributed by atoms with E-state index in [4.69, 9.17) is 9.47 Å². The number of hydrogen-bond acceptors (Lipinski definition) is 5. The standard InChI is InChI=1S/C20H26FNO4S/c1-5-25-19(23)17-14-10-15(26-11-12-6-8-13(21)9-7-12)18(16(14)17)22-27(24)20(2,3)4/h6-9,14-17H,5,10-11H2,1-4H3/b22-18-. The molecule has 148 valence electrons. The molecule has 1 aromatic carbocycles. The second-order valence-corrected chi connectivity index (χ2v) is 9.91. The number of benzene rings is 1. The number of esters is 1. The SMILES string of the molecule is CCOC(=O)C1C2CC(OCc3ccc(F)cc3)/C(=N/[S+]([O-])C(C)(C)C)C21. The number of rotatable bonds is 6. The molecule has 5 atom stereocenters. The van der Waals surface area contributed by atoms with Gasteiger partial charge >= 0.3 is 5.97 Å². The minimum Gasteiger partial charge on any atom is -0.591 e. The van der Waals surface area contributed by atoms with Gasteiger partial charge in [-0.2, -0.15) is 0 Å². The Hall–Kier alpha value is -1.44. The average Bonchev–Trinajstić information content (AvgIpc) is 3.20. The Morgan fingerprint density at radius 3 is 2.59 bits per heavy atom. The van der Waals surface area contributed by atoms with Crippen LogP contribution in [0.2, 0.25) is 0 Å². The highest BCUT2D eigenvalue weighted by Gasteiger charge is 2.65. The number of hydrogen-bond donors (Lipinski definition) is 0. The molecule has 2 saturated carbocycles. The molecule has 0 heterocycles. The summed E-state index contributed by atoms with van der Waals surface area (Å²) in [5.41, 5.74) is 1.56. The summed E-state index contributed by atoms with van der Waals surface area (Å²) in [7, 11) is 0. The molecule has 1 aromatic rings. The Balaban J connectivity index is 1.73. The lowest BCUT2D eigenvalue weighted by atomic mass is 10.1. The van der Waals surface area contributed by atoms with E-state index in [2.05, 4.69) is 4.40 Å². The van der Waals surface area contributed by atoms with Crippen molar-refractivity contribution in [2.75, 3.05) is 6.61 Å². The van der Waals surface area contributed by atoms with Crippen molar-refractivity contribution in [3.05, 3.63) is 35.6 Å². The number of halogens is 1. The molecular weight excluding hydrogens is 369 g/mol. The summed E-state index contributed by atoms with van der Waals surface area (Å²) in [6.07, 6.45) is 0.386. The topological polar surface area (TPSA) is 71.0 Å². The lowest BCUT2D eigenvalue weighted by Crippen LogP contribution is -2.31. The van der Waals surface area contributed by atoms with E-state index in [1.807, 2.05) is 20.8 Å². The summed E-state index contributed by atoms with van der Waals surface area (Å²) < 4.78 is 40.7. The molecule has 5 nitrogen and oxygen atoms in total. The zero-order valence-electron chi connectivity index (χ0n) is 16.1. The summed E-state index contributed by atoms with van der Waals surface area (Å²) in [5.74, 6) is -0.613. The molecular formula is C20H26FNO4S. The first-order valence-electron chi connectivity index (χ1n) is 9.25. The maximum atomic E-state index is 13.0. The molecule has 3 rings (SSSR count). The van der Waals surface area contributed by atoms with Gasteiger partial charge in [0.1, 0.15) is 33.7 Å². The first-order valence-corrected chi connectivity index (χ1v) is 10.4. The molecule has 0 bridgehead atoms. The van der Waals surface area contributed by atoms with Crippen molar-refractivity contribution in [3.63, 3.8) is 0 Å². The largest absolute Gasteiger partial charge is 0.591 e. The molecule has 2 aliphatic rings. The van der Waals surface area contributed by atoms with E-state index in [0.29, 0.717) is 25.3 Å². The molecule has 0 saturated heterocycles. The van der Waals surface area contributed by atoms with Gasteiger partial charge in [0.05, 0.1) is 19.1 Å². The summed E-state index contributed by atoms with van der Waals surface area (Å²) in [4.78, 5) is 12.1. The van der Waals surface area contributed by atoms with Crippen LogP contribution in [0.1, 0.15) is 39.7 Å². The van der Waals surface area contributed by atoms with Crippen molar-refractivity contribution in [3.8, 4) is 0 Å². The van der Waals surface area contributed by atoms with Crippen molar-refractivity contribution in [2.45, 2.75) is 51.6 Å². The maximum absolute atomic E-state index is 13.0. The fraction of sp³-hybridized carbons (Fsp3) is 0.600. The molecule has 2 fully saturated rings. The minimum absolute atomic E-state index is 0.0476. The third kappa shape index (κ3) is 4.52. The average molecular weight is 395 g/mol. The molecule has 7 heteroatoms. The quantitative estimate of drug-likeness (QED) is 0.546. The molecule has 5 unspecified atom stereocenters. The van der Waals surface area contributed by atoms with Crippen molar-refractivity contribution < 1.29 is 23.2 Å². The van der Waals surface area contributed by atoms with Crippen LogP contribution in [-0.2, 0) is 32.2 Å². The van der Waals surface area contributed by atoms with Gasteiger partial charge in [0.2, 0.25) is 0 Å². The van der Waals surface area contributed by atoms with E-state index < -0.39 is 16.1 Å². The third-order valence-electron chi connectivity index (χ3n) is 4.96. The normalized spacial score (nSPS) is 29.5. The van der Waals surface area contributed by atoms with Crippen LogP contribution in [-0.4, -0.2) is 33.7 Å². The van der Waals surface area contributed by atoms with Gasteiger partial charge in [-0.05, 0) is 57.7 Å². The van der Waals surface area contributed by atoms with E-state index in [1.54, 1.807) is 19.1 Å². The fourth-order valence-corrected chi connectivity index (χ4v) is 4.20. The first-order chi connectivity index (χ1) is 12.7. The second kappa shape index (κ2) is 7.89. The van der Waals surface area contributed by atoms with E-state index >= 15 is 0 Å². The lowest BCUT2D eigenvalue weighted by Gasteiger charge is -2.22. The van der Waals surface area contributed by atoms with E-state index in [9.17, 15) is 13.7 Å². The van der Waals surface area contributed by atoms with Gasteiger partial charge in [0.15, 0.2) is 0 Å². The van der Waals surface area contributed by atoms with Gasteiger partial charge in [0.25, 0.3) is 0 Å². The van der Waals surface area contributed by atoms with Crippen LogP contribution in [0.5, 0.6) is 0 Å². The highest BCUT2D eigenvalue weighted by molar-refractivity contribution is 7.91. The molecule has 2 aliphatic carbocycles. The first kappa shape index (κ1) is 20.3. The Morgan fingerprint density at radius 1 is 1.33 bits per heavy atom. The van der Waals surface area contributed by atoms with E-state index in [1.165, 1.54) is 12.1 Å². The summed E-state index contributed by atoms with van der Waals surface area (Å²) in [5, 5.41) is 0. The molecule has 0 spiro atoms. The zero-order valence-corrected chi connectivity index (χ0v) is 16.9. The monoisotopic (exact) mass is 395 g/mol. The third-order valence-corrected chi connectivity index (χ3v) is 6.39.